The number of hydrogen-bond acceptors (Lipinski definition) is 10. The highest BCUT2D eigenvalue weighted by molar-refractivity contribution is 6.09. The van der Waals surface area contributed by atoms with E-state index in [4.69, 9.17) is 23.7 Å². The first kappa shape index (κ1) is 40.6. The van der Waals surface area contributed by atoms with Crippen molar-refractivity contribution in [2.75, 3.05) is 31.7 Å². The number of anilines is 1. The molecule has 4 rings (SSSR count). The van der Waals surface area contributed by atoms with Crippen molar-refractivity contribution in [2.24, 2.45) is 0 Å². The molecule has 4 aromatic carbocycles. The Kier molecular flexibility index (Phi) is 13.9. The summed E-state index contributed by atoms with van der Waals surface area (Å²) in [6.45, 7) is 3.54. The molecule has 4 aromatic rings. The fourth-order valence-corrected chi connectivity index (χ4v) is 5.41. The zero-order chi connectivity index (χ0) is 39.3. The van der Waals surface area contributed by atoms with Gasteiger partial charge in [-0.05, 0) is 73.4 Å². The van der Waals surface area contributed by atoms with Crippen LogP contribution in [-0.4, -0.2) is 56.4 Å². The van der Waals surface area contributed by atoms with Gasteiger partial charge < -0.3 is 29.0 Å². The highest BCUT2D eigenvalue weighted by atomic mass is 19.4. The molecule has 54 heavy (non-hydrogen) atoms. The maximum atomic E-state index is 13.6. The van der Waals surface area contributed by atoms with E-state index in [0.717, 1.165) is 12.1 Å². The fraction of sp³-hybridized carbons (Fsp3) is 0.275. The Labute approximate surface area is 309 Å². The average molecular weight is 750 g/mol. The Morgan fingerprint density at radius 3 is 1.87 bits per heavy atom. The summed E-state index contributed by atoms with van der Waals surface area (Å²) in [4.78, 5) is 65.5. The highest BCUT2D eigenvalue weighted by Crippen LogP contribution is 2.33. The Morgan fingerprint density at radius 1 is 0.648 bits per heavy atom. The summed E-state index contributed by atoms with van der Waals surface area (Å²) in [6, 6.07) is 23.1. The molecule has 0 heterocycles. The standard InChI is InChI=1S/C40H38F3NO10/c1-4-50-36(47)39(37(48)51-5-2,29-12-8-7-9-13-29)25-54-34(45)23-26-16-21-33(28(22-26)24-53-38(49)52-6-3)44-35(46)32-15-11-10-14-31(32)27-17-19-30(20-18-27)40(41,42)43/h7-22H,4-6,23-25H2,1-3H3,(H,44,46). The first-order valence-corrected chi connectivity index (χ1v) is 16.9. The van der Waals surface area contributed by atoms with E-state index >= 15 is 0 Å². The number of carbonyl (C=O) groups excluding carboxylic acids is 5. The van der Waals surface area contributed by atoms with Gasteiger partial charge in [-0.3, -0.25) is 19.2 Å². The average Bonchev–Trinajstić information content (AvgIpc) is 3.15. The molecule has 0 saturated carbocycles. The van der Waals surface area contributed by atoms with Gasteiger partial charge in [-0.1, -0.05) is 66.7 Å². The Balaban J connectivity index is 1.60. The topological polar surface area (TPSA) is 144 Å². The highest BCUT2D eigenvalue weighted by Gasteiger charge is 2.52. The number of amides is 1. The van der Waals surface area contributed by atoms with Gasteiger partial charge in [-0.25, -0.2) is 4.79 Å². The van der Waals surface area contributed by atoms with Crippen LogP contribution in [0.5, 0.6) is 0 Å². The summed E-state index contributed by atoms with van der Waals surface area (Å²) in [5.41, 5.74) is -1.06. The van der Waals surface area contributed by atoms with Crippen LogP contribution in [0.3, 0.4) is 0 Å². The van der Waals surface area contributed by atoms with Crippen LogP contribution in [0.2, 0.25) is 0 Å². The zero-order valence-electron chi connectivity index (χ0n) is 29.7. The van der Waals surface area contributed by atoms with E-state index in [1.54, 1.807) is 57.2 Å². The Bertz CT molecular complexity index is 1930. The predicted octanol–water partition coefficient (Wildman–Crippen LogP) is 7.45. The molecule has 0 aliphatic rings. The molecule has 1 N–H and O–H groups in total. The Hall–Kier alpha value is -6.18. The monoisotopic (exact) mass is 749 g/mol. The fourth-order valence-electron chi connectivity index (χ4n) is 5.41. The van der Waals surface area contributed by atoms with Gasteiger partial charge in [0, 0.05) is 16.8 Å². The van der Waals surface area contributed by atoms with Crippen molar-refractivity contribution < 1.29 is 60.8 Å². The summed E-state index contributed by atoms with van der Waals surface area (Å²) in [5.74, 6) is -3.37. The zero-order valence-corrected chi connectivity index (χ0v) is 29.7. The molecule has 1 amide bonds. The quantitative estimate of drug-likeness (QED) is 0.0740. The number of ether oxygens (including phenoxy) is 5. The lowest BCUT2D eigenvalue weighted by Gasteiger charge is -2.29. The summed E-state index contributed by atoms with van der Waals surface area (Å²) >= 11 is 0. The molecular weight excluding hydrogens is 711 g/mol. The normalized spacial score (nSPS) is 11.2. The SMILES string of the molecule is CCOC(=O)OCc1cc(CC(=O)OCC(C(=O)OCC)(C(=O)OCC)c2ccccc2)ccc1NC(=O)c1ccccc1-c1ccc(C(F)(F)F)cc1. The van der Waals surface area contributed by atoms with Crippen molar-refractivity contribution in [3.05, 3.63) is 125 Å². The summed E-state index contributed by atoms with van der Waals surface area (Å²) in [5, 5.41) is 2.75. The second-order valence-corrected chi connectivity index (χ2v) is 11.6. The van der Waals surface area contributed by atoms with Crippen LogP contribution in [0.4, 0.5) is 23.7 Å². The molecule has 0 saturated heterocycles. The van der Waals surface area contributed by atoms with Gasteiger partial charge in [-0.2, -0.15) is 13.2 Å². The third kappa shape index (κ3) is 10.0. The van der Waals surface area contributed by atoms with E-state index in [1.165, 1.54) is 48.5 Å². The van der Waals surface area contributed by atoms with Gasteiger partial charge in [0.1, 0.15) is 13.2 Å². The molecule has 0 radical (unpaired) electrons. The second-order valence-electron chi connectivity index (χ2n) is 11.6. The molecule has 11 nitrogen and oxygen atoms in total. The number of hydrogen-bond donors (Lipinski definition) is 1. The number of esters is 3. The predicted molar refractivity (Wildman–Crippen MR) is 189 cm³/mol. The lowest BCUT2D eigenvalue weighted by atomic mass is 9.81. The number of alkyl halides is 3. The summed E-state index contributed by atoms with van der Waals surface area (Å²) in [6.07, 6.45) is -5.88. The molecule has 0 bridgehead atoms. The van der Waals surface area contributed by atoms with Crippen LogP contribution in [0.15, 0.2) is 97.1 Å². The first-order chi connectivity index (χ1) is 25.8. The number of rotatable bonds is 15. The van der Waals surface area contributed by atoms with Gasteiger partial charge >= 0.3 is 30.2 Å². The molecule has 0 unspecified atom stereocenters. The van der Waals surface area contributed by atoms with Gasteiger partial charge in [0.15, 0.2) is 0 Å². The lowest BCUT2D eigenvalue weighted by molar-refractivity contribution is -0.170. The van der Waals surface area contributed by atoms with Crippen molar-refractivity contribution in [1.29, 1.82) is 0 Å². The molecule has 0 spiro atoms. The van der Waals surface area contributed by atoms with Crippen LogP contribution < -0.4 is 5.32 Å². The molecule has 0 atom stereocenters. The van der Waals surface area contributed by atoms with Crippen molar-refractivity contribution >= 4 is 35.7 Å². The minimum atomic E-state index is -4.53. The summed E-state index contributed by atoms with van der Waals surface area (Å²) < 4.78 is 65.5. The molecule has 284 valence electrons. The van der Waals surface area contributed by atoms with E-state index < -0.39 is 53.7 Å². The minimum Gasteiger partial charge on any atom is -0.465 e. The smallest absolute Gasteiger partial charge is 0.465 e. The van der Waals surface area contributed by atoms with Crippen molar-refractivity contribution in [3.8, 4) is 11.1 Å². The van der Waals surface area contributed by atoms with E-state index in [1.807, 2.05) is 0 Å². The van der Waals surface area contributed by atoms with Crippen LogP contribution in [0.25, 0.3) is 11.1 Å². The van der Waals surface area contributed by atoms with E-state index in [9.17, 15) is 37.1 Å². The number of halogens is 3. The van der Waals surface area contributed by atoms with Gasteiger partial charge in [0.2, 0.25) is 5.41 Å². The molecule has 0 aliphatic heterocycles. The second kappa shape index (κ2) is 18.5. The minimum absolute atomic E-state index is 0.0388. The third-order valence-electron chi connectivity index (χ3n) is 8.03. The molecule has 0 aliphatic carbocycles. The van der Waals surface area contributed by atoms with Crippen molar-refractivity contribution in [3.63, 3.8) is 0 Å². The van der Waals surface area contributed by atoms with Gasteiger partial charge in [0.05, 0.1) is 31.8 Å². The van der Waals surface area contributed by atoms with Crippen LogP contribution >= 0.6 is 0 Å². The Morgan fingerprint density at radius 2 is 1.26 bits per heavy atom. The van der Waals surface area contributed by atoms with Crippen LogP contribution in [0.1, 0.15) is 53.4 Å². The summed E-state index contributed by atoms with van der Waals surface area (Å²) in [7, 11) is 0. The molecular formula is C40H38F3NO10. The first-order valence-electron chi connectivity index (χ1n) is 16.9. The molecule has 0 fully saturated rings. The van der Waals surface area contributed by atoms with E-state index in [-0.39, 0.29) is 55.2 Å². The van der Waals surface area contributed by atoms with Crippen LogP contribution in [0, 0.1) is 0 Å². The van der Waals surface area contributed by atoms with E-state index in [0.29, 0.717) is 16.7 Å². The maximum absolute atomic E-state index is 13.6. The number of benzene rings is 4. The largest absolute Gasteiger partial charge is 0.508 e. The van der Waals surface area contributed by atoms with Crippen molar-refractivity contribution in [2.45, 2.75) is 45.4 Å². The number of carbonyl (C=O) groups is 5. The van der Waals surface area contributed by atoms with Gasteiger partial charge in [0.25, 0.3) is 5.91 Å². The number of nitrogens with one attached hydrogen (secondary N) is 1. The molecule has 14 heteroatoms. The van der Waals surface area contributed by atoms with Crippen molar-refractivity contribution in [1.82, 2.24) is 0 Å². The van der Waals surface area contributed by atoms with Gasteiger partial charge in [-0.15, -0.1) is 0 Å². The van der Waals surface area contributed by atoms with E-state index in [2.05, 4.69) is 5.32 Å². The lowest BCUT2D eigenvalue weighted by Crippen LogP contribution is -2.50. The van der Waals surface area contributed by atoms with Crippen LogP contribution in [-0.2, 0) is 62.7 Å². The maximum Gasteiger partial charge on any atom is 0.508 e. The third-order valence-corrected chi connectivity index (χ3v) is 8.03. The molecule has 0 aromatic heterocycles.